The fourth-order valence-electron chi connectivity index (χ4n) is 4.57. The lowest BCUT2D eigenvalue weighted by atomic mass is 9.86. The van der Waals surface area contributed by atoms with Crippen LogP contribution in [0.1, 0.15) is 69.8 Å². The van der Waals surface area contributed by atoms with Gasteiger partial charge in [-0.05, 0) is 76.1 Å². The molecule has 2 saturated carbocycles. The van der Waals surface area contributed by atoms with Crippen molar-refractivity contribution in [3.8, 4) is 0 Å². The van der Waals surface area contributed by atoms with Gasteiger partial charge in [-0.25, -0.2) is 4.79 Å². The molecule has 162 valence electrons. The van der Waals surface area contributed by atoms with Gasteiger partial charge in [0.05, 0.1) is 0 Å². The highest BCUT2D eigenvalue weighted by Gasteiger charge is 2.22. The SMILES string of the molecule is O=C(N[C@H]1CC[C@@H](CNCCCNC2CCCCC2)CC1)OCc1ccccc1. The van der Waals surface area contributed by atoms with Crippen LogP contribution in [0.4, 0.5) is 4.79 Å². The van der Waals surface area contributed by atoms with Crippen molar-refractivity contribution in [3.05, 3.63) is 35.9 Å². The molecule has 1 amide bonds. The van der Waals surface area contributed by atoms with E-state index in [9.17, 15) is 4.79 Å². The van der Waals surface area contributed by atoms with E-state index in [0.29, 0.717) is 6.61 Å². The maximum atomic E-state index is 12.0. The fraction of sp³-hybridized carbons (Fsp3) is 0.708. The van der Waals surface area contributed by atoms with Crippen LogP contribution in [0, 0.1) is 5.92 Å². The Kier molecular flexibility index (Phi) is 9.80. The summed E-state index contributed by atoms with van der Waals surface area (Å²) in [5.41, 5.74) is 1.02. The van der Waals surface area contributed by atoms with Crippen LogP contribution in [-0.2, 0) is 11.3 Å². The highest BCUT2D eigenvalue weighted by molar-refractivity contribution is 5.67. The van der Waals surface area contributed by atoms with Crippen LogP contribution < -0.4 is 16.0 Å². The van der Waals surface area contributed by atoms with Crippen molar-refractivity contribution in [2.75, 3.05) is 19.6 Å². The Bertz CT molecular complexity index is 567. The van der Waals surface area contributed by atoms with Crippen LogP contribution in [0.2, 0.25) is 0 Å². The van der Waals surface area contributed by atoms with Gasteiger partial charge in [0.1, 0.15) is 6.61 Å². The molecule has 1 aromatic carbocycles. The quantitative estimate of drug-likeness (QED) is 0.509. The number of hydrogen-bond acceptors (Lipinski definition) is 4. The van der Waals surface area contributed by atoms with E-state index in [4.69, 9.17) is 4.74 Å². The molecule has 0 aliphatic heterocycles. The monoisotopic (exact) mass is 401 g/mol. The molecular weight excluding hydrogens is 362 g/mol. The van der Waals surface area contributed by atoms with E-state index in [2.05, 4.69) is 16.0 Å². The van der Waals surface area contributed by atoms with Crippen LogP contribution in [0.25, 0.3) is 0 Å². The highest BCUT2D eigenvalue weighted by atomic mass is 16.5. The van der Waals surface area contributed by atoms with Crippen molar-refractivity contribution in [1.29, 1.82) is 0 Å². The van der Waals surface area contributed by atoms with Gasteiger partial charge < -0.3 is 20.7 Å². The molecule has 0 radical (unpaired) electrons. The minimum absolute atomic E-state index is 0.259. The molecule has 5 nitrogen and oxygen atoms in total. The van der Waals surface area contributed by atoms with E-state index in [0.717, 1.165) is 50.0 Å². The Hall–Kier alpha value is -1.59. The Labute approximate surface area is 176 Å². The summed E-state index contributed by atoms with van der Waals surface area (Å²) < 4.78 is 5.34. The average Bonchev–Trinajstić information content (AvgIpc) is 2.77. The third-order valence-corrected chi connectivity index (χ3v) is 6.38. The predicted octanol–water partition coefficient (Wildman–Crippen LogP) is 4.37. The van der Waals surface area contributed by atoms with Gasteiger partial charge in [0, 0.05) is 12.1 Å². The van der Waals surface area contributed by atoms with Gasteiger partial charge in [0.25, 0.3) is 0 Å². The van der Waals surface area contributed by atoms with Crippen LogP contribution in [0.5, 0.6) is 0 Å². The van der Waals surface area contributed by atoms with Gasteiger partial charge >= 0.3 is 6.09 Å². The molecular formula is C24H39N3O2. The smallest absolute Gasteiger partial charge is 0.407 e. The molecule has 2 aliphatic carbocycles. The van der Waals surface area contributed by atoms with Crippen molar-refractivity contribution in [1.82, 2.24) is 16.0 Å². The third-order valence-electron chi connectivity index (χ3n) is 6.38. The standard InChI is InChI=1S/C24H39N3O2/c28-24(29-19-21-8-3-1-4-9-21)27-23-14-12-20(13-15-23)18-25-16-7-17-26-22-10-5-2-6-11-22/h1,3-4,8-9,20,22-23,25-26H,2,5-7,10-19H2,(H,27,28)/t20-,23+. The van der Waals surface area contributed by atoms with E-state index in [1.54, 1.807) is 0 Å². The normalized spacial score (nSPS) is 22.9. The number of hydrogen-bond donors (Lipinski definition) is 3. The summed E-state index contributed by atoms with van der Waals surface area (Å²) in [5.74, 6) is 0.736. The molecule has 0 heterocycles. The number of nitrogens with one attached hydrogen (secondary N) is 3. The number of carbonyl (C=O) groups is 1. The van der Waals surface area contributed by atoms with Crippen molar-refractivity contribution in [3.63, 3.8) is 0 Å². The van der Waals surface area contributed by atoms with Crippen LogP contribution in [0.15, 0.2) is 30.3 Å². The lowest BCUT2D eigenvalue weighted by Crippen LogP contribution is -2.39. The third kappa shape index (κ3) is 8.75. The molecule has 2 fully saturated rings. The first-order valence-corrected chi connectivity index (χ1v) is 11.7. The van der Waals surface area contributed by atoms with E-state index in [1.807, 2.05) is 30.3 Å². The number of alkyl carbamates (subject to hydrolysis) is 1. The number of ether oxygens (including phenoxy) is 1. The zero-order chi connectivity index (χ0) is 20.2. The summed E-state index contributed by atoms with van der Waals surface area (Å²) in [4.78, 5) is 12.0. The summed E-state index contributed by atoms with van der Waals surface area (Å²) in [6, 6.07) is 10.8. The Morgan fingerprint density at radius 3 is 2.41 bits per heavy atom. The zero-order valence-corrected chi connectivity index (χ0v) is 17.8. The van der Waals surface area contributed by atoms with Crippen LogP contribution in [-0.4, -0.2) is 37.8 Å². The molecule has 1 aromatic rings. The first kappa shape index (κ1) is 22.1. The molecule has 0 spiro atoms. The minimum atomic E-state index is -0.291. The Balaban J connectivity index is 1.17. The molecule has 3 N–H and O–H groups in total. The molecule has 29 heavy (non-hydrogen) atoms. The van der Waals surface area contributed by atoms with Gasteiger partial charge in [-0.2, -0.15) is 0 Å². The van der Waals surface area contributed by atoms with Crippen LogP contribution in [0.3, 0.4) is 0 Å². The number of benzene rings is 1. The van der Waals surface area contributed by atoms with E-state index in [-0.39, 0.29) is 12.1 Å². The first-order chi connectivity index (χ1) is 14.3. The summed E-state index contributed by atoms with van der Waals surface area (Å²) in [6.45, 7) is 3.68. The maximum Gasteiger partial charge on any atom is 0.407 e. The van der Waals surface area contributed by atoms with Gasteiger partial charge in [-0.15, -0.1) is 0 Å². The number of carbonyl (C=O) groups excluding carboxylic acids is 1. The largest absolute Gasteiger partial charge is 0.445 e. The lowest BCUT2D eigenvalue weighted by Gasteiger charge is -2.29. The van der Waals surface area contributed by atoms with Crippen molar-refractivity contribution >= 4 is 6.09 Å². The van der Waals surface area contributed by atoms with Crippen molar-refractivity contribution in [2.24, 2.45) is 5.92 Å². The summed E-state index contributed by atoms with van der Waals surface area (Å²) in [6.07, 6.45) is 12.3. The molecule has 3 rings (SSSR count). The molecule has 2 aliphatic rings. The Morgan fingerprint density at radius 1 is 0.897 bits per heavy atom. The molecule has 0 unspecified atom stereocenters. The summed E-state index contributed by atoms with van der Waals surface area (Å²) in [7, 11) is 0. The van der Waals surface area contributed by atoms with Gasteiger partial charge in [-0.1, -0.05) is 49.6 Å². The van der Waals surface area contributed by atoms with E-state index in [1.165, 1.54) is 51.4 Å². The summed E-state index contributed by atoms with van der Waals surface area (Å²) >= 11 is 0. The van der Waals surface area contributed by atoms with Gasteiger partial charge in [0.15, 0.2) is 0 Å². The molecule has 0 atom stereocenters. The van der Waals surface area contributed by atoms with Crippen molar-refractivity contribution < 1.29 is 9.53 Å². The molecule has 0 aromatic heterocycles. The minimum Gasteiger partial charge on any atom is -0.445 e. The highest BCUT2D eigenvalue weighted by Crippen LogP contribution is 2.24. The fourth-order valence-corrected chi connectivity index (χ4v) is 4.57. The van der Waals surface area contributed by atoms with Gasteiger partial charge in [-0.3, -0.25) is 0 Å². The zero-order valence-electron chi connectivity index (χ0n) is 17.8. The summed E-state index contributed by atoms with van der Waals surface area (Å²) in [5, 5.41) is 10.4. The Morgan fingerprint density at radius 2 is 1.66 bits per heavy atom. The van der Waals surface area contributed by atoms with E-state index >= 15 is 0 Å². The van der Waals surface area contributed by atoms with Crippen molar-refractivity contribution in [2.45, 2.75) is 82.9 Å². The van der Waals surface area contributed by atoms with Gasteiger partial charge in [0.2, 0.25) is 0 Å². The maximum absolute atomic E-state index is 12.0. The average molecular weight is 402 g/mol. The molecule has 0 saturated heterocycles. The molecule has 0 bridgehead atoms. The lowest BCUT2D eigenvalue weighted by molar-refractivity contribution is 0.131. The number of rotatable bonds is 10. The van der Waals surface area contributed by atoms with Crippen LogP contribution >= 0.6 is 0 Å². The second-order valence-electron chi connectivity index (χ2n) is 8.77. The molecule has 5 heteroatoms. The number of amides is 1. The second-order valence-corrected chi connectivity index (χ2v) is 8.77. The first-order valence-electron chi connectivity index (χ1n) is 11.7. The predicted molar refractivity (Wildman–Crippen MR) is 118 cm³/mol. The topological polar surface area (TPSA) is 62.4 Å². The second kappa shape index (κ2) is 12.9. The van der Waals surface area contributed by atoms with E-state index < -0.39 is 0 Å².